The van der Waals surface area contributed by atoms with Crippen LogP contribution in [-0.2, 0) is 45.0 Å². The number of amides is 3. The standard InChI is InChI=1S/C35H41N5O7/c36-28(15-21-4-9-25(41)10-5-21)33(45)29-3-1-2-14-37-32(44)19-38-34(46)30(16-22-6-11-26(42)12-7-22)40-20-24-17-27(43)13-8-23(24)18-31(40)35(47)39-29/h4-13,17,28-31,41-43H,1-3,14-16,18-20,36H2,(H,37,44)(H,38,46)(H,39,47)/t28-,29+,30-,31-/m0/s1. The highest BCUT2D eigenvalue weighted by Gasteiger charge is 2.40. The number of Topliss-reactive ketones (excluding diaryl/α,β-unsaturated/α-hetero) is 1. The minimum Gasteiger partial charge on any atom is -0.508 e. The van der Waals surface area contributed by atoms with E-state index in [1.807, 2.05) is 0 Å². The summed E-state index contributed by atoms with van der Waals surface area (Å²) in [6.07, 6.45) is 1.95. The Hall–Kier alpha value is -4.94. The van der Waals surface area contributed by atoms with E-state index in [1.54, 1.807) is 47.4 Å². The highest BCUT2D eigenvalue weighted by molar-refractivity contribution is 5.94. The quantitative estimate of drug-likeness (QED) is 0.207. The molecule has 0 aliphatic carbocycles. The van der Waals surface area contributed by atoms with Crippen LogP contribution in [0.25, 0.3) is 0 Å². The maximum absolute atomic E-state index is 14.2. The first-order chi connectivity index (χ1) is 22.6. The molecule has 2 aliphatic rings. The number of phenols is 3. The molecule has 3 amide bonds. The van der Waals surface area contributed by atoms with Crippen LogP contribution in [-0.4, -0.2) is 81.0 Å². The summed E-state index contributed by atoms with van der Waals surface area (Å²) < 4.78 is 0. The number of phenolic OH excluding ortho intramolecular Hbond substituents is 3. The third-order valence-corrected chi connectivity index (χ3v) is 8.81. The van der Waals surface area contributed by atoms with Crippen LogP contribution in [0.15, 0.2) is 66.7 Å². The average molecular weight is 644 g/mol. The summed E-state index contributed by atoms with van der Waals surface area (Å²) >= 11 is 0. The van der Waals surface area contributed by atoms with Crippen molar-refractivity contribution in [2.75, 3.05) is 13.1 Å². The summed E-state index contributed by atoms with van der Waals surface area (Å²) in [5.41, 5.74) is 9.44. The van der Waals surface area contributed by atoms with Gasteiger partial charge >= 0.3 is 0 Å². The number of benzene rings is 3. The number of carbonyl (C=O) groups is 4. The first kappa shape index (κ1) is 33.4. The first-order valence-electron chi connectivity index (χ1n) is 15.8. The van der Waals surface area contributed by atoms with Crippen LogP contribution in [0.3, 0.4) is 0 Å². The number of hydrogen-bond donors (Lipinski definition) is 7. The van der Waals surface area contributed by atoms with E-state index in [2.05, 4.69) is 16.0 Å². The van der Waals surface area contributed by atoms with E-state index in [0.29, 0.717) is 25.8 Å². The van der Waals surface area contributed by atoms with E-state index >= 15 is 0 Å². The Kier molecular flexibility index (Phi) is 10.7. The van der Waals surface area contributed by atoms with E-state index in [1.165, 1.54) is 24.3 Å². The molecular formula is C35H41N5O7. The zero-order chi connectivity index (χ0) is 33.5. The van der Waals surface area contributed by atoms with Gasteiger partial charge in [-0.15, -0.1) is 0 Å². The normalized spacial score (nSPS) is 21.9. The highest BCUT2D eigenvalue weighted by Crippen LogP contribution is 2.30. The molecule has 1 fully saturated rings. The van der Waals surface area contributed by atoms with Gasteiger partial charge in [0, 0.05) is 13.1 Å². The van der Waals surface area contributed by atoms with Gasteiger partial charge in [-0.3, -0.25) is 24.1 Å². The lowest BCUT2D eigenvalue weighted by atomic mass is 9.89. The largest absolute Gasteiger partial charge is 0.508 e. The number of nitrogens with zero attached hydrogens (tertiary/aromatic N) is 1. The van der Waals surface area contributed by atoms with Crippen LogP contribution < -0.4 is 21.7 Å². The molecule has 0 aromatic heterocycles. The topological polar surface area (TPSA) is 194 Å². The maximum Gasteiger partial charge on any atom is 0.239 e. The number of nitrogens with one attached hydrogen (secondary N) is 3. The van der Waals surface area contributed by atoms with Gasteiger partial charge in [0.1, 0.15) is 17.2 Å². The van der Waals surface area contributed by atoms with Gasteiger partial charge in [-0.1, -0.05) is 30.3 Å². The second-order valence-corrected chi connectivity index (χ2v) is 12.2. The van der Waals surface area contributed by atoms with Gasteiger partial charge in [0.2, 0.25) is 17.7 Å². The molecule has 248 valence electrons. The maximum atomic E-state index is 14.2. The van der Waals surface area contributed by atoms with Gasteiger partial charge in [0.05, 0.1) is 30.7 Å². The number of hydrogen-bond acceptors (Lipinski definition) is 9. The molecule has 3 aromatic carbocycles. The molecule has 12 heteroatoms. The van der Waals surface area contributed by atoms with E-state index in [4.69, 9.17) is 5.73 Å². The van der Waals surface area contributed by atoms with Gasteiger partial charge in [-0.05, 0) is 97.2 Å². The summed E-state index contributed by atoms with van der Waals surface area (Å²) in [4.78, 5) is 56.2. The van der Waals surface area contributed by atoms with E-state index in [9.17, 15) is 34.5 Å². The summed E-state index contributed by atoms with van der Waals surface area (Å²) in [6, 6.07) is 14.1. The fraction of sp³-hybridized carbons (Fsp3) is 0.371. The molecule has 2 heterocycles. The van der Waals surface area contributed by atoms with Crippen LogP contribution in [0.4, 0.5) is 0 Å². The molecule has 5 rings (SSSR count). The van der Waals surface area contributed by atoms with Crippen LogP contribution in [0, 0.1) is 0 Å². The molecule has 0 unspecified atom stereocenters. The number of nitrogens with two attached hydrogens (primary N) is 1. The van der Waals surface area contributed by atoms with Crippen molar-refractivity contribution in [3.8, 4) is 17.2 Å². The van der Waals surface area contributed by atoms with Gasteiger partial charge in [-0.2, -0.15) is 0 Å². The molecular weight excluding hydrogens is 602 g/mol. The molecule has 4 atom stereocenters. The van der Waals surface area contributed by atoms with Gasteiger partial charge < -0.3 is 37.0 Å². The molecule has 0 saturated carbocycles. The van der Waals surface area contributed by atoms with Gasteiger partial charge in [0.25, 0.3) is 0 Å². The lowest BCUT2D eigenvalue weighted by Crippen LogP contribution is -2.61. The van der Waals surface area contributed by atoms with Crippen molar-refractivity contribution in [2.45, 2.75) is 69.2 Å². The molecule has 2 aliphatic heterocycles. The zero-order valence-corrected chi connectivity index (χ0v) is 26.0. The molecule has 0 spiro atoms. The molecule has 0 radical (unpaired) electrons. The predicted molar refractivity (Wildman–Crippen MR) is 173 cm³/mol. The summed E-state index contributed by atoms with van der Waals surface area (Å²) in [5, 5.41) is 38.2. The molecule has 8 N–H and O–H groups in total. The minimum atomic E-state index is -0.925. The first-order valence-corrected chi connectivity index (χ1v) is 15.8. The summed E-state index contributed by atoms with van der Waals surface area (Å²) in [6.45, 7) is 0.219. The number of ketones is 1. The molecule has 1 saturated heterocycles. The SMILES string of the molecule is N[C@@H](Cc1ccc(O)cc1)C(=O)[C@H]1CCCCNC(=O)CNC(=O)[C@H](Cc2ccc(O)cc2)N2Cc3cc(O)ccc3C[C@H]2C(=O)N1. The Morgan fingerprint density at radius 1 is 0.830 bits per heavy atom. The third-order valence-electron chi connectivity index (χ3n) is 8.81. The Labute approximate surface area is 273 Å². The zero-order valence-electron chi connectivity index (χ0n) is 26.0. The van der Waals surface area contributed by atoms with Crippen LogP contribution in [0.2, 0.25) is 0 Å². The van der Waals surface area contributed by atoms with Gasteiger partial charge in [-0.25, -0.2) is 0 Å². The predicted octanol–water partition coefficient (Wildman–Crippen LogP) is 1.18. The van der Waals surface area contributed by atoms with Crippen LogP contribution in [0.5, 0.6) is 17.2 Å². The Morgan fingerprint density at radius 2 is 1.49 bits per heavy atom. The smallest absolute Gasteiger partial charge is 0.239 e. The third kappa shape index (κ3) is 8.66. The van der Waals surface area contributed by atoms with Crippen molar-refractivity contribution in [2.24, 2.45) is 5.73 Å². The van der Waals surface area contributed by atoms with Crippen LogP contribution in [0.1, 0.15) is 41.5 Å². The van der Waals surface area contributed by atoms with Crippen molar-refractivity contribution < 1.29 is 34.5 Å². The second kappa shape index (κ2) is 15.1. The monoisotopic (exact) mass is 643 g/mol. The Bertz CT molecular complexity index is 1590. The summed E-state index contributed by atoms with van der Waals surface area (Å²) in [7, 11) is 0. The molecule has 3 aromatic rings. The van der Waals surface area contributed by atoms with Crippen molar-refractivity contribution >= 4 is 23.5 Å². The fourth-order valence-corrected chi connectivity index (χ4v) is 6.23. The number of rotatable bonds is 6. The van der Waals surface area contributed by atoms with E-state index in [-0.39, 0.29) is 61.3 Å². The Balaban J connectivity index is 1.48. The van der Waals surface area contributed by atoms with Crippen LogP contribution >= 0.6 is 0 Å². The van der Waals surface area contributed by atoms with Crippen molar-refractivity contribution in [1.29, 1.82) is 0 Å². The Morgan fingerprint density at radius 3 is 2.19 bits per heavy atom. The lowest BCUT2D eigenvalue weighted by Gasteiger charge is -2.41. The number of aromatic hydroxyl groups is 3. The van der Waals surface area contributed by atoms with E-state index in [0.717, 1.165) is 22.3 Å². The second-order valence-electron chi connectivity index (χ2n) is 12.2. The highest BCUT2D eigenvalue weighted by atomic mass is 16.3. The van der Waals surface area contributed by atoms with Gasteiger partial charge in [0.15, 0.2) is 5.78 Å². The van der Waals surface area contributed by atoms with Crippen molar-refractivity contribution in [3.05, 3.63) is 89.0 Å². The molecule has 0 bridgehead atoms. The number of carbonyl (C=O) groups excluding carboxylic acids is 4. The minimum absolute atomic E-state index is 0.0504. The lowest BCUT2D eigenvalue weighted by molar-refractivity contribution is -0.137. The number of fused-ring (bicyclic) bond motifs is 2. The average Bonchev–Trinajstić information content (AvgIpc) is 3.06. The fourth-order valence-electron chi connectivity index (χ4n) is 6.23. The molecule has 47 heavy (non-hydrogen) atoms. The molecule has 12 nitrogen and oxygen atoms in total. The van der Waals surface area contributed by atoms with Crippen molar-refractivity contribution in [3.63, 3.8) is 0 Å². The van der Waals surface area contributed by atoms with Crippen molar-refractivity contribution in [1.82, 2.24) is 20.9 Å². The van der Waals surface area contributed by atoms with E-state index < -0.39 is 36.0 Å². The summed E-state index contributed by atoms with van der Waals surface area (Å²) in [5.74, 6) is -1.39.